The van der Waals surface area contributed by atoms with Crippen LogP contribution in [0, 0.1) is 5.92 Å². The summed E-state index contributed by atoms with van der Waals surface area (Å²) in [6.07, 6.45) is 2.24. The molecule has 1 unspecified atom stereocenters. The first-order valence-corrected chi connectivity index (χ1v) is 7.16. The number of ether oxygens (including phenoxy) is 1. The Labute approximate surface area is 116 Å². The molecule has 1 atom stereocenters. The summed E-state index contributed by atoms with van der Waals surface area (Å²) in [5, 5.41) is 10.4. The molecule has 19 heavy (non-hydrogen) atoms. The van der Waals surface area contributed by atoms with Crippen molar-refractivity contribution in [3.8, 4) is 5.75 Å². The molecule has 0 radical (unpaired) electrons. The van der Waals surface area contributed by atoms with Gasteiger partial charge in [-0.1, -0.05) is 12.1 Å². The van der Waals surface area contributed by atoms with Crippen LogP contribution in [0.2, 0.25) is 0 Å². The van der Waals surface area contributed by atoms with E-state index in [-0.39, 0.29) is 0 Å². The zero-order valence-electron chi connectivity index (χ0n) is 12.2. The molecule has 1 fully saturated rings. The molecule has 1 aromatic rings. The number of rotatable bonds is 7. The molecule has 0 amide bonds. The highest BCUT2D eigenvalue weighted by molar-refractivity contribution is 5.29. The quantitative estimate of drug-likeness (QED) is 0.821. The van der Waals surface area contributed by atoms with Gasteiger partial charge in [-0.2, -0.15) is 0 Å². The largest absolute Gasteiger partial charge is 0.497 e. The second kappa shape index (κ2) is 6.40. The highest BCUT2D eigenvalue weighted by Crippen LogP contribution is 2.31. The first kappa shape index (κ1) is 14.4. The molecule has 0 saturated heterocycles. The van der Waals surface area contributed by atoms with Gasteiger partial charge in [0.05, 0.1) is 13.2 Å². The Hall–Kier alpha value is -1.06. The lowest BCUT2D eigenvalue weighted by Crippen LogP contribution is -2.36. The van der Waals surface area contributed by atoms with Crippen molar-refractivity contribution in [3.63, 3.8) is 0 Å². The Morgan fingerprint density at radius 1 is 1.37 bits per heavy atom. The molecule has 0 spiro atoms. The van der Waals surface area contributed by atoms with Crippen molar-refractivity contribution < 1.29 is 9.84 Å². The molecule has 1 aliphatic rings. The van der Waals surface area contributed by atoms with Gasteiger partial charge in [0, 0.05) is 19.1 Å². The van der Waals surface area contributed by atoms with E-state index in [2.05, 4.69) is 18.7 Å². The highest BCUT2D eigenvalue weighted by Gasteiger charge is 2.26. The molecule has 0 bridgehead atoms. The summed E-state index contributed by atoms with van der Waals surface area (Å²) in [4.78, 5) is 2.38. The number of hydrogen-bond donors (Lipinski definition) is 1. The minimum atomic E-state index is -0.448. The van der Waals surface area contributed by atoms with Crippen LogP contribution in [0.3, 0.4) is 0 Å². The van der Waals surface area contributed by atoms with Crippen molar-refractivity contribution in [1.82, 2.24) is 4.90 Å². The SMILES string of the molecule is COc1cccc(C(O)CN(CC2CC2)C(C)C)c1. The number of nitrogens with zero attached hydrogens (tertiary/aromatic N) is 1. The lowest BCUT2D eigenvalue weighted by molar-refractivity contribution is 0.0922. The van der Waals surface area contributed by atoms with Gasteiger partial charge in [0.25, 0.3) is 0 Å². The van der Waals surface area contributed by atoms with Crippen LogP contribution in [0.25, 0.3) is 0 Å². The van der Waals surface area contributed by atoms with Crippen LogP contribution in [0.4, 0.5) is 0 Å². The third kappa shape index (κ3) is 4.22. The van der Waals surface area contributed by atoms with Gasteiger partial charge >= 0.3 is 0 Å². The van der Waals surface area contributed by atoms with Crippen molar-refractivity contribution in [2.75, 3.05) is 20.2 Å². The van der Waals surface area contributed by atoms with Gasteiger partial charge in [0.1, 0.15) is 5.75 Å². The third-order valence-corrected chi connectivity index (χ3v) is 3.81. The first-order chi connectivity index (χ1) is 9.10. The van der Waals surface area contributed by atoms with Gasteiger partial charge < -0.3 is 9.84 Å². The van der Waals surface area contributed by atoms with E-state index in [1.54, 1.807) is 7.11 Å². The van der Waals surface area contributed by atoms with Gasteiger partial charge in [0.2, 0.25) is 0 Å². The predicted octanol–water partition coefficient (Wildman–Crippen LogP) is 2.85. The van der Waals surface area contributed by atoms with Gasteiger partial charge in [-0.3, -0.25) is 4.90 Å². The molecule has 2 rings (SSSR count). The van der Waals surface area contributed by atoms with E-state index in [4.69, 9.17) is 4.74 Å². The van der Waals surface area contributed by atoms with Crippen LogP contribution < -0.4 is 4.74 Å². The summed E-state index contributed by atoms with van der Waals surface area (Å²) in [7, 11) is 1.65. The summed E-state index contributed by atoms with van der Waals surface area (Å²) in [6.45, 7) is 6.20. The molecular weight excluding hydrogens is 238 g/mol. The van der Waals surface area contributed by atoms with E-state index in [0.29, 0.717) is 12.6 Å². The summed E-state index contributed by atoms with van der Waals surface area (Å²) in [5.74, 6) is 1.65. The van der Waals surface area contributed by atoms with E-state index in [1.165, 1.54) is 12.8 Å². The Morgan fingerprint density at radius 2 is 2.11 bits per heavy atom. The predicted molar refractivity (Wildman–Crippen MR) is 77.4 cm³/mol. The minimum Gasteiger partial charge on any atom is -0.497 e. The van der Waals surface area contributed by atoms with Gasteiger partial charge in [0.15, 0.2) is 0 Å². The molecule has 3 heteroatoms. The molecule has 1 N–H and O–H groups in total. The van der Waals surface area contributed by atoms with E-state index in [1.807, 2.05) is 24.3 Å². The number of hydrogen-bond acceptors (Lipinski definition) is 3. The van der Waals surface area contributed by atoms with E-state index in [0.717, 1.165) is 23.8 Å². The van der Waals surface area contributed by atoms with Gasteiger partial charge in [-0.25, -0.2) is 0 Å². The number of methoxy groups -OCH3 is 1. The molecule has 106 valence electrons. The maximum atomic E-state index is 10.4. The average molecular weight is 263 g/mol. The van der Waals surface area contributed by atoms with E-state index < -0.39 is 6.10 Å². The molecular formula is C16H25NO2. The average Bonchev–Trinajstić information content (AvgIpc) is 3.21. The van der Waals surface area contributed by atoms with E-state index in [9.17, 15) is 5.11 Å². The van der Waals surface area contributed by atoms with Crippen molar-refractivity contribution in [2.24, 2.45) is 5.92 Å². The van der Waals surface area contributed by atoms with E-state index >= 15 is 0 Å². The maximum Gasteiger partial charge on any atom is 0.119 e. The lowest BCUT2D eigenvalue weighted by atomic mass is 10.1. The van der Waals surface area contributed by atoms with Gasteiger partial charge in [-0.15, -0.1) is 0 Å². The topological polar surface area (TPSA) is 32.7 Å². The molecule has 1 saturated carbocycles. The minimum absolute atomic E-state index is 0.448. The second-order valence-electron chi connectivity index (χ2n) is 5.78. The molecule has 1 aliphatic carbocycles. The Balaban J connectivity index is 1.98. The summed E-state index contributed by atoms with van der Waals surface area (Å²) in [6, 6.07) is 8.18. The fraction of sp³-hybridized carbons (Fsp3) is 0.625. The smallest absolute Gasteiger partial charge is 0.119 e. The normalized spacial score (nSPS) is 16.9. The van der Waals surface area contributed by atoms with Gasteiger partial charge in [-0.05, 0) is 50.3 Å². The molecule has 0 aromatic heterocycles. The second-order valence-corrected chi connectivity index (χ2v) is 5.78. The van der Waals surface area contributed by atoms with Crippen LogP contribution in [-0.4, -0.2) is 36.2 Å². The van der Waals surface area contributed by atoms with Crippen molar-refractivity contribution in [2.45, 2.75) is 38.8 Å². The molecule has 3 nitrogen and oxygen atoms in total. The first-order valence-electron chi connectivity index (χ1n) is 7.16. The Kier molecular flexibility index (Phi) is 4.83. The van der Waals surface area contributed by atoms with Crippen molar-refractivity contribution in [3.05, 3.63) is 29.8 Å². The zero-order chi connectivity index (χ0) is 13.8. The third-order valence-electron chi connectivity index (χ3n) is 3.81. The fourth-order valence-electron chi connectivity index (χ4n) is 2.30. The Morgan fingerprint density at radius 3 is 2.68 bits per heavy atom. The maximum absolute atomic E-state index is 10.4. The molecule has 0 aliphatic heterocycles. The van der Waals surface area contributed by atoms with Crippen LogP contribution in [0.1, 0.15) is 38.4 Å². The van der Waals surface area contributed by atoms with Crippen LogP contribution >= 0.6 is 0 Å². The lowest BCUT2D eigenvalue weighted by Gasteiger charge is -2.29. The van der Waals surface area contributed by atoms with Crippen molar-refractivity contribution >= 4 is 0 Å². The summed E-state index contributed by atoms with van der Waals surface area (Å²) >= 11 is 0. The zero-order valence-corrected chi connectivity index (χ0v) is 12.2. The number of aliphatic hydroxyl groups excluding tert-OH is 1. The van der Waals surface area contributed by atoms with Crippen molar-refractivity contribution in [1.29, 1.82) is 0 Å². The van der Waals surface area contributed by atoms with Crippen LogP contribution in [0.5, 0.6) is 5.75 Å². The van der Waals surface area contributed by atoms with Crippen LogP contribution in [0.15, 0.2) is 24.3 Å². The Bertz CT molecular complexity index is 401. The molecule has 0 heterocycles. The standard InChI is InChI=1S/C16H25NO2/c1-12(2)17(10-13-7-8-13)11-16(18)14-5-4-6-15(9-14)19-3/h4-6,9,12-13,16,18H,7-8,10-11H2,1-3H3. The summed E-state index contributed by atoms with van der Waals surface area (Å²) < 4.78 is 5.21. The summed E-state index contributed by atoms with van der Waals surface area (Å²) in [5.41, 5.74) is 0.931. The number of benzene rings is 1. The monoisotopic (exact) mass is 263 g/mol. The fourth-order valence-corrected chi connectivity index (χ4v) is 2.30. The van der Waals surface area contributed by atoms with Crippen LogP contribution in [-0.2, 0) is 0 Å². The molecule has 1 aromatic carbocycles. The highest BCUT2D eigenvalue weighted by atomic mass is 16.5. The number of aliphatic hydroxyl groups is 1.